The van der Waals surface area contributed by atoms with Crippen molar-refractivity contribution in [3.63, 3.8) is 0 Å². The number of aliphatic hydroxyl groups is 1. The Morgan fingerprint density at radius 3 is 2.76 bits per heavy atom. The van der Waals surface area contributed by atoms with E-state index in [1.807, 2.05) is 0 Å². The van der Waals surface area contributed by atoms with E-state index < -0.39 is 12.1 Å². The third kappa shape index (κ3) is 5.06. The summed E-state index contributed by atoms with van der Waals surface area (Å²) in [5.74, 6) is -0.907. The van der Waals surface area contributed by atoms with Gasteiger partial charge in [0.15, 0.2) is 0 Å². The van der Waals surface area contributed by atoms with Crippen molar-refractivity contribution in [2.75, 3.05) is 18.0 Å². The average Bonchev–Trinajstić information content (AvgIpc) is 2.23. The van der Waals surface area contributed by atoms with E-state index >= 15 is 0 Å². The van der Waals surface area contributed by atoms with Gasteiger partial charge < -0.3 is 15.1 Å². The molecule has 0 aromatic heterocycles. The van der Waals surface area contributed by atoms with Crippen LogP contribution < -0.4 is 4.90 Å². The highest BCUT2D eigenvalue weighted by Gasteiger charge is 2.11. The van der Waals surface area contributed by atoms with Crippen molar-refractivity contribution in [3.8, 4) is 0 Å². The van der Waals surface area contributed by atoms with Crippen molar-refractivity contribution in [1.82, 2.24) is 0 Å². The number of anilines is 1. The monoisotopic (exact) mass is 257 g/mol. The number of halogens is 1. The Kier molecular flexibility index (Phi) is 5.25. The van der Waals surface area contributed by atoms with Gasteiger partial charge in [-0.3, -0.25) is 4.79 Å². The number of aliphatic hydroxyl groups excluding tert-OH is 1. The lowest BCUT2D eigenvalue weighted by molar-refractivity contribution is -0.135. The molecule has 17 heavy (non-hydrogen) atoms. The van der Waals surface area contributed by atoms with E-state index in [9.17, 15) is 9.90 Å². The second kappa shape index (κ2) is 6.47. The highest BCUT2D eigenvalue weighted by atomic mass is 35.5. The van der Waals surface area contributed by atoms with E-state index in [2.05, 4.69) is 0 Å². The van der Waals surface area contributed by atoms with Gasteiger partial charge in [-0.15, -0.1) is 0 Å². The number of hydrogen-bond acceptors (Lipinski definition) is 3. The molecule has 0 spiro atoms. The molecule has 0 radical (unpaired) electrons. The molecule has 94 valence electrons. The van der Waals surface area contributed by atoms with Crippen molar-refractivity contribution >= 4 is 23.3 Å². The number of carbonyl (C=O) groups is 1. The van der Waals surface area contributed by atoms with E-state index in [0.717, 1.165) is 5.69 Å². The molecule has 2 N–H and O–H groups in total. The molecule has 0 aliphatic heterocycles. The van der Waals surface area contributed by atoms with Gasteiger partial charge >= 0.3 is 5.97 Å². The summed E-state index contributed by atoms with van der Waals surface area (Å²) in [6, 6.07) is 7.02. The van der Waals surface area contributed by atoms with Crippen LogP contribution >= 0.6 is 11.6 Å². The van der Waals surface area contributed by atoms with Crippen LogP contribution in [0.5, 0.6) is 0 Å². The van der Waals surface area contributed by atoms with Gasteiger partial charge in [0.1, 0.15) is 6.54 Å². The van der Waals surface area contributed by atoms with Crippen LogP contribution in [0.25, 0.3) is 0 Å². The summed E-state index contributed by atoms with van der Waals surface area (Å²) in [5, 5.41) is 18.6. The zero-order valence-electron chi connectivity index (χ0n) is 9.64. The summed E-state index contributed by atoms with van der Waals surface area (Å²) in [6.07, 6.45) is 0.0604. The minimum absolute atomic E-state index is 0.104. The number of carboxylic acids is 1. The first kappa shape index (κ1) is 13.8. The maximum absolute atomic E-state index is 10.8. The molecule has 0 aliphatic carbocycles. The topological polar surface area (TPSA) is 60.8 Å². The SMILES string of the molecule is CC(O)CCN(CC(=O)O)c1cccc(Cl)c1. The normalized spacial score (nSPS) is 12.2. The third-order valence-electron chi connectivity index (χ3n) is 2.32. The largest absolute Gasteiger partial charge is 0.480 e. The van der Waals surface area contributed by atoms with Crippen molar-refractivity contribution in [1.29, 1.82) is 0 Å². The second-order valence-electron chi connectivity index (χ2n) is 3.93. The number of carboxylic acid groups (broad SMARTS) is 1. The van der Waals surface area contributed by atoms with Crippen molar-refractivity contribution < 1.29 is 15.0 Å². The predicted octanol–water partition coefficient (Wildman–Crippen LogP) is 2.00. The van der Waals surface area contributed by atoms with Gasteiger partial charge in [-0.05, 0) is 31.5 Å². The molecule has 0 fully saturated rings. The molecule has 1 unspecified atom stereocenters. The maximum atomic E-state index is 10.8. The Morgan fingerprint density at radius 1 is 1.53 bits per heavy atom. The first-order valence-corrected chi connectivity index (χ1v) is 5.77. The van der Waals surface area contributed by atoms with Crippen LogP contribution in [0.15, 0.2) is 24.3 Å². The van der Waals surface area contributed by atoms with E-state index in [4.69, 9.17) is 16.7 Å². The van der Waals surface area contributed by atoms with E-state index in [1.165, 1.54) is 0 Å². The Bertz CT molecular complexity index is 382. The lowest BCUT2D eigenvalue weighted by atomic mass is 10.2. The first-order chi connectivity index (χ1) is 7.99. The number of aliphatic carboxylic acids is 1. The van der Waals surface area contributed by atoms with Gasteiger partial charge in [-0.25, -0.2) is 0 Å². The van der Waals surface area contributed by atoms with Gasteiger partial charge in [-0.2, -0.15) is 0 Å². The molecule has 4 nitrogen and oxygen atoms in total. The lowest BCUT2D eigenvalue weighted by Crippen LogP contribution is -2.32. The van der Waals surface area contributed by atoms with Gasteiger partial charge in [0, 0.05) is 17.3 Å². The van der Waals surface area contributed by atoms with Crippen LogP contribution in [-0.4, -0.2) is 35.4 Å². The van der Waals surface area contributed by atoms with E-state index in [-0.39, 0.29) is 6.54 Å². The minimum atomic E-state index is -0.907. The van der Waals surface area contributed by atoms with Crippen LogP contribution in [-0.2, 0) is 4.79 Å². The summed E-state index contributed by atoms with van der Waals surface area (Å²) in [7, 11) is 0. The number of nitrogens with zero attached hydrogens (tertiary/aromatic N) is 1. The highest BCUT2D eigenvalue weighted by Crippen LogP contribution is 2.19. The molecule has 0 saturated carbocycles. The van der Waals surface area contributed by atoms with Gasteiger partial charge in [0.05, 0.1) is 6.10 Å². The van der Waals surface area contributed by atoms with Crippen molar-refractivity contribution in [2.24, 2.45) is 0 Å². The minimum Gasteiger partial charge on any atom is -0.480 e. The summed E-state index contributed by atoms with van der Waals surface area (Å²) in [4.78, 5) is 12.5. The third-order valence-corrected chi connectivity index (χ3v) is 2.55. The van der Waals surface area contributed by atoms with Crippen LogP contribution in [0.4, 0.5) is 5.69 Å². The molecule has 0 bridgehead atoms. The summed E-state index contributed by atoms with van der Waals surface area (Å²) in [6.45, 7) is 2.05. The number of hydrogen-bond donors (Lipinski definition) is 2. The van der Waals surface area contributed by atoms with Crippen LogP contribution in [0.1, 0.15) is 13.3 Å². The molecular weight excluding hydrogens is 242 g/mol. The van der Waals surface area contributed by atoms with Crippen molar-refractivity contribution in [3.05, 3.63) is 29.3 Å². The Labute approximate surface area is 105 Å². The average molecular weight is 258 g/mol. The van der Waals surface area contributed by atoms with E-state index in [0.29, 0.717) is 18.0 Å². The maximum Gasteiger partial charge on any atom is 0.323 e. The molecule has 1 aromatic carbocycles. The fourth-order valence-corrected chi connectivity index (χ4v) is 1.66. The molecule has 0 heterocycles. The predicted molar refractivity (Wildman–Crippen MR) is 67.6 cm³/mol. The second-order valence-corrected chi connectivity index (χ2v) is 4.37. The smallest absolute Gasteiger partial charge is 0.323 e. The molecular formula is C12H16ClNO3. The molecule has 5 heteroatoms. The molecule has 1 rings (SSSR count). The number of rotatable bonds is 6. The van der Waals surface area contributed by atoms with Gasteiger partial charge in [0.2, 0.25) is 0 Å². The van der Waals surface area contributed by atoms with E-state index in [1.54, 1.807) is 36.1 Å². The molecule has 0 amide bonds. The van der Waals surface area contributed by atoms with Gasteiger partial charge in [-0.1, -0.05) is 17.7 Å². The zero-order chi connectivity index (χ0) is 12.8. The first-order valence-electron chi connectivity index (χ1n) is 5.39. The molecule has 0 saturated heterocycles. The molecule has 1 aromatic rings. The van der Waals surface area contributed by atoms with Crippen LogP contribution in [0, 0.1) is 0 Å². The fraction of sp³-hybridized carbons (Fsp3) is 0.417. The Balaban J connectivity index is 2.78. The molecule has 0 aliphatic rings. The lowest BCUT2D eigenvalue weighted by Gasteiger charge is -2.23. The summed E-state index contributed by atoms with van der Waals surface area (Å²) < 4.78 is 0. The summed E-state index contributed by atoms with van der Waals surface area (Å²) >= 11 is 5.86. The molecule has 1 atom stereocenters. The quantitative estimate of drug-likeness (QED) is 0.818. The highest BCUT2D eigenvalue weighted by molar-refractivity contribution is 6.30. The Morgan fingerprint density at radius 2 is 2.24 bits per heavy atom. The van der Waals surface area contributed by atoms with Crippen molar-refractivity contribution in [2.45, 2.75) is 19.4 Å². The fourth-order valence-electron chi connectivity index (χ4n) is 1.48. The van der Waals surface area contributed by atoms with Gasteiger partial charge in [0.25, 0.3) is 0 Å². The standard InChI is InChI=1S/C12H16ClNO3/c1-9(15)5-6-14(8-12(16)17)11-4-2-3-10(13)7-11/h2-4,7,9,15H,5-6,8H2,1H3,(H,16,17). The Hall–Kier alpha value is -1.26. The summed E-state index contributed by atoms with van der Waals surface area (Å²) in [5.41, 5.74) is 0.751. The van der Waals surface area contributed by atoms with Crippen LogP contribution in [0.3, 0.4) is 0 Å². The van der Waals surface area contributed by atoms with Crippen LogP contribution in [0.2, 0.25) is 5.02 Å². The number of benzene rings is 1. The zero-order valence-corrected chi connectivity index (χ0v) is 10.4.